The molecule has 5 nitrogen and oxygen atoms in total. The second-order valence-corrected chi connectivity index (χ2v) is 5.04. The number of carboxylic acids is 1. The first-order valence-electron chi connectivity index (χ1n) is 5.91. The molecule has 0 saturated carbocycles. The van der Waals surface area contributed by atoms with Crippen LogP contribution in [0.5, 0.6) is 0 Å². The lowest BCUT2D eigenvalue weighted by Crippen LogP contribution is -2.39. The number of ether oxygens (including phenoxy) is 1. The molecule has 1 aromatic rings. The van der Waals surface area contributed by atoms with E-state index in [0.29, 0.717) is 18.7 Å². The summed E-state index contributed by atoms with van der Waals surface area (Å²) in [6, 6.07) is 4.17. The molecule has 1 unspecified atom stereocenters. The van der Waals surface area contributed by atoms with E-state index in [-0.39, 0.29) is 16.5 Å². The van der Waals surface area contributed by atoms with E-state index >= 15 is 0 Å². The van der Waals surface area contributed by atoms with Crippen LogP contribution in [0.3, 0.4) is 0 Å². The van der Waals surface area contributed by atoms with Gasteiger partial charge in [-0.15, -0.1) is 0 Å². The van der Waals surface area contributed by atoms with Gasteiger partial charge in [-0.2, -0.15) is 0 Å². The van der Waals surface area contributed by atoms with Gasteiger partial charge in [-0.25, -0.2) is 4.79 Å². The van der Waals surface area contributed by atoms with Crippen LogP contribution < -0.4 is 5.32 Å². The largest absolute Gasteiger partial charge is 0.478 e. The van der Waals surface area contributed by atoms with Gasteiger partial charge in [0.15, 0.2) is 0 Å². The zero-order chi connectivity index (χ0) is 14.0. The van der Waals surface area contributed by atoms with Crippen molar-refractivity contribution in [1.82, 2.24) is 0 Å². The Kier molecular flexibility index (Phi) is 3.78. The van der Waals surface area contributed by atoms with E-state index in [2.05, 4.69) is 5.32 Å². The highest BCUT2D eigenvalue weighted by Crippen LogP contribution is 2.29. The van der Waals surface area contributed by atoms with Gasteiger partial charge in [0.1, 0.15) is 5.60 Å². The van der Waals surface area contributed by atoms with Crippen LogP contribution >= 0.6 is 11.6 Å². The highest BCUT2D eigenvalue weighted by atomic mass is 35.5. The molecule has 2 N–H and O–H groups in total. The monoisotopic (exact) mass is 283 g/mol. The summed E-state index contributed by atoms with van der Waals surface area (Å²) in [6.45, 7) is 2.30. The molecule has 2 rings (SSSR count). The number of nitrogens with one attached hydrogen (secondary N) is 1. The minimum atomic E-state index is -1.06. The van der Waals surface area contributed by atoms with Crippen LogP contribution in [0.4, 0.5) is 5.69 Å². The molecule has 1 aromatic carbocycles. The maximum absolute atomic E-state index is 12.1. The molecule has 1 heterocycles. The molecule has 1 saturated heterocycles. The van der Waals surface area contributed by atoms with Crippen molar-refractivity contribution >= 4 is 29.2 Å². The number of amides is 1. The molecule has 0 radical (unpaired) electrons. The van der Waals surface area contributed by atoms with Gasteiger partial charge < -0.3 is 15.2 Å². The quantitative estimate of drug-likeness (QED) is 0.894. The molecule has 1 fully saturated rings. The van der Waals surface area contributed by atoms with Crippen molar-refractivity contribution in [2.75, 3.05) is 11.9 Å². The highest BCUT2D eigenvalue weighted by molar-refractivity contribution is 6.34. The van der Waals surface area contributed by atoms with E-state index in [1.165, 1.54) is 18.2 Å². The van der Waals surface area contributed by atoms with Crippen molar-refractivity contribution in [3.8, 4) is 0 Å². The molecule has 0 spiro atoms. The van der Waals surface area contributed by atoms with Crippen LogP contribution in [-0.4, -0.2) is 29.2 Å². The third-order valence-electron chi connectivity index (χ3n) is 3.16. The molecule has 0 aliphatic carbocycles. The maximum Gasteiger partial charge on any atom is 0.335 e. The number of hydrogen-bond donors (Lipinski definition) is 2. The average molecular weight is 284 g/mol. The van der Waals surface area contributed by atoms with E-state index in [9.17, 15) is 9.59 Å². The maximum atomic E-state index is 12.1. The molecular weight excluding hydrogens is 270 g/mol. The van der Waals surface area contributed by atoms with Crippen molar-refractivity contribution in [2.45, 2.75) is 25.4 Å². The first-order valence-corrected chi connectivity index (χ1v) is 6.28. The van der Waals surface area contributed by atoms with Crippen LogP contribution in [-0.2, 0) is 9.53 Å². The smallest absolute Gasteiger partial charge is 0.335 e. The lowest BCUT2D eigenvalue weighted by Gasteiger charge is -2.22. The molecule has 102 valence electrons. The first kappa shape index (κ1) is 13.8. The number of carboxylic acid groups (broad SMARTS) is 1. The van der Waals surface area contributed by atoms with E-state index in [0.717, 1.165) is 6.42 Å². The Hall–Kier alpha value is -1.59. The number of carbonyl (C=O) groups excluding carboxylic acids is 1. The Labute approximate surface area is 115 Å². The fourth-order valence-corrected chi connectivity index (χ4v) is 2.19. The Morgan fingerprint density at radius 1 is 1.47 bits per heavy atom. The molecule has 0 aromatic heterocycles. The summed E-state index contributed by atoms with van der Waals surface area (Å²) >= 11 is 5.95. The van der Waals surface area contributed by atoms with Gasteiger partial charge in [0.05, 0.1) is 16.3 Å². The first-order chi connectivity index (χ1) is 8.92. The third-order valence-corrected chi connectivity index (χ3v) is 3.48. The summed E-state index contributed by atoms with van der Waals surface area (Å²) in [4.78, 5) is 22.9. The predicted molar refractivity (Wildman–Crippen MR) is 70.6 cm³/mol. The van der Waals surface area contributed by atoms with Gasteiger partial charge in [0, 0.05) is 6.61 Å². The second-order valence-electron chi connectivity index (χ2n) is 4.64. The number of anilines is 1. The number of carbonyl (C=O) groups is 2. The van der Waals surface area contributed by atoms with Gasteiger partial charge in [-0.3, -0.25) is 4.79 Å². The highest BCUT2D eigenvalue weighted by Gasteiger charge is 2.37. The van der Waals surface area contributed by atoms with Crippen molar-refractivity contribution < 1.29 is 19.4 Å². The summed E-state index contributed by atoms with van der Waals surface area (Å²) < 4.78 is 5.43. The number of benzene rings is 1. The topological polar surface area (TPSA) is 75.6 Å². The van der Waals surface area contributed by atoms with E-state index in [1.807, 2.05) is 0 Å². The molecule has 6 heteroatoms. The fourth-order valence-electron chi connectivity index (χ4n) is 1.96. The standard InChI is InChI=1S/C13H14ClNO4/c1-13(5-2-6-19-13)12(18)15-10-4-3-8(11(16)17)7-9(10)14/h3-4,7H,2,5-6H2,1H3,(H,15,18)(H,16,17). The summed E-state index contributed by atoms with van der Waals surface area (Å²) in [5.74, 6) is -1.33. The zero-order valence-corrected chi connectivity index (χ0v) is 11.2. The fraction of sp³-hybridized carbons (Fsp3) is 0.385. The molecule has 19 heavy (non-hydrogen) atoms. The summed E-state index contributed by atoms with van der Waals surface area (Å²) in [5.41, 5.74) is -0.380. The number of halogens is 1. The van der Waals surface area contributed by atoms with Gasteiger partial charge in [0.25, 0.3) is 5.91 Å². The van der Waals surface area contributed by atoms with Gasteiger partial charge in [-0.1, -0.05) is 11.6 Å². The van der Waals surface area contributed by atoms with E-state index in [4.69, 9.17) is 21.4 Å². The van der Waals surface area contributed by atoms with Crippen LogP contribution in [0.1, 0.15) is 30.1 Å². The minimum absolute atomic E-state index is 0.0753. The van der Waals surface area contributed by atoms with Crippen LogP contribution in [0.2, 0.25) is 5.02 Å². The molecule has 1 atom stereocenters. The predicted octanol–water partition coefficient (Wildman–Crippen LogP) is 2.55. The lowest BCUT2D eigenvalue weighted by atomic mass is 10.0. The SMILES string of the molecule is CC1(C(=O)Nc2ccc(C(=O)O)cc2Cl)CCCO1. The summed E-state index contributed by atoms with van der Waals surface area (Å²) in [5, 5.41) is 11.7. The molecule has 1 aliphatic heterocycles. The second kappa shape index (κ2) is 5.19. The van der Waals surface area contributed by atoms with Crippen LogP contribution in [0, 0.1) is 0 Å². The van der Waals surface area contributed by atoms with Crippen LogP contribution in [0.15, 0.2) is 18.2 Å². The van der Waals surface area contributed by atoms with Crippen molar-refractivity contribution in [2.24, 2.45) is 0 Å². The Morgan fingerprint density at radius 2 is 2.21 bits per heavy atom. The zero-order valence-electron chi connectivity index (χ0n) is 10.4. The Morgan fingerprint density at radius 3 is 2.74 bits per heavy atom. The lowest BCUT2D eigenvalue weighted by molar-refractivity contribution is -0.133. The van der Waals surface area contributed by atoms with Gasteiger partial charge in [-0.05, 0) is 38.0 Å². The number of rotatable bonds is 3. The summed E-state index contributed by atoms with van der Waals surface area (Å²) in [6.07, 6.45) is 1.50. The van der Waals surface area contributed by atoms with Crippen molar-refractivity contribution in [3.63, 3.8) is 0 Å². The molecule has 1 aliphatic rings. The van der Waals surface area contributed by atoms with Crippen molar-refractivity contribution in [3.05, 3.63) is 28.8 Å². The average Bonchev–Trinajstić information content (AvgIpc) is 2.80. The van der Waals surface area contributed by atoms with Crippen molar-refractivity contribution in [1.29, 1.82) is 0 Å². The van der Waals surface area contributed by atoms with Gasteiger partial charge >= 0.3 is 5.97 Å². The molecule has 1 amide bonds. The number of hydrogen-bond acceptors (Lipinski definition) is 3. The molecule has 0 bridgehead atoms. The summed E-state index contributed by atoms with van der Waals surface area (Å²) in [7, 11) is 0. The minimum Gasteiger partial charge on any atom is -0.478 e. The van der Waals surface area contributed by atoms with E-state index in [1.54, 1.807) is 6.92 Å². The third kappa shape index (κ3) is 2.88. The van der Waals surface area contributed by atoms with Crippen LogP contribution in [0.25, 0.3) is 0 Å². The normalized spacial score (nSPS) is 22.2. The van der Waals surface area contributed by atoms with E-state index < -0.39 is 11.6 Å². The number of aromatic carboxylic acids is 1. The molecular formula is C13H14ClNO4. The van der Waals surface area contributed by atoms with Gasteiger partial charge in [0.2, 0.25) is 0 Å². The Balaban J connectivity index is 2.15. The Bertz CT molecular complexity index is 523.